The summed E-state index contributed by atoms with van der Waals surface area (Å²) in [4.78, 5) is 21.5. The maximum absolute atomic E-state index is 12.2. The fraction of sp³-hybridized carbons (Fsp3) is 0.333. The Hall–Kier alpha value is -1.84. The lowest BCUT2D eigenvalue weighted by Crippen LogP contribution is -2.38. The second-order valence-electron chi connectivity index (χ2n) is 4.35. The summed E-state index contributed by atoms with van der Waals surface area (Å²) >= 11 is 5.93. The third-order valence-electron chi connectivity index (χ3n) is 2.56. The van der Waals surface area contributed by atoms with Gasteiger partial charge >= 0.3 is 5.97 Å². The van der Waals surface area contributed by atoms with Crippen molar-refractivity contribution < 1.29 is 27.9 Å². The Morgan fingerprint density at radius 2 is 1.95 bits per heavy atom. The molecule has 0 saturated heterocycles. The molecule has 0 radical (unpaired) electrons. The van der Waals surface area contributed by atoms with Gasteiger partial charge in [-0.05, 0) is 13.0 Å². The van der Waals surface area contributed by atoms with Crippen LogP contribution in [0.1, 0.15) is 13.8 Å². The second kappa shape index (κ2) is 6.95. The van der Waals surface area contributed by atoms with Crippen molar-refractivity contribution in [1.29, 1.82) is 0 Å². The van der Waals surface area contributed by atoms with Crippen molar-refractivity contribution in [3.05, 3.63) is 17.2 Å². The predicted octanol–water partition coefficient (Wildman–Crippen LogP) is 1.06. The molecular formula is C12H15ClN2O6S. The normalized spacial score (nSPS) is 12.5. The number of carboxylic acids is 1. The maximum Gasteiger partial charge on any atom is 0.321 e. The van der Waals surface area contributed by atoms with Gasteiger partial charge in [-0.3, -0.25) is 9.59 Å². The molecule has 1 aromatic rings. The summed E-state index contributed by atoms with van der Waals surface area (Å²) in [6.45, 7) is 2.45. The quantitative estimate of drug-likeness (QED) is 0.705. The number of carbonyl (C=O) groups is 2. The predicted molar refractivity (Wildman–Crippen MR) is 79.7 cm³/mol. The van der Waals surface area contributed by atoms with Gasteiger partial charge < -0.3 is 15.2 Å². The summed E-state index contributed by atoms with van der Waals surface area (Å²) in [6.07, 6.45) is 0. The van der Waals surface area contributed by atoms with Crippen molar-refractivity contribution in [1.82, 2.24) is 4.72 Å². The minimum Gasteiger partial charge on any atom is -0.495 e. The molecule has 1 atom stereocenters. The lowest BCUT2D eigenvalue weighted by atomic mass is 10.3. The van der Waals surface area contributed by atoms with E-state index in [2.05, 4.69) is 5.32 Å². The summed E-state index contributed by atoms with van der Waals surface area (Å²) < 4.78 is 31.4. The molecule has 0 heterocycles. The number of rotatable bonds is 6. The van der Waals surface area contributed by atoms with Crippen LogP contribution in [0.5, 0.6) is 5.75 Å². The van der Waals surface area contributed by atoms with Gasteiger partial charge in [-0.25, -0.2) is 8.42 Å². The molecule has 3 N–H and O–H groups in total. The number of sulfonamides is 1. The summed E-state index contributed by atoms with van der Waals surface area (Å²) in [5, 5.41) is 11.2. The zero-order valence-corrected chi connectivity index (χ0v) is 13.6. The Morgan fingerprint density at radius 3 is 2.41 bits per heavy atom. The molecule has 0 aliphatic heterocycles. The number of anilines is 1. The Bertz CT molecular complexity index is 704. The fourth-order valence-corrected chi connectivity index (χ4v) is 3.19. The zero-order chi connectivity index (χ0) is 17.1. The van der Waals surface area contributed by atoms with Crippen LogP contribution in [-0.2, 0) is 19.6 Å². The number of aliphatic carboxylic acids is 1. The highest BCUT2D eigenvalue weighted by Crippen LogP contribution is 2.33. The molecule has 122 valence electrons. The molecular weight excluding hydrogens is 336 g/mol. The fourth-order valence-electron chi connectivity index (χ4n) is 1.54. The smallest absolute Gasteiger partial charge is 0.321 e. The highest BCUT2D eigenvalue weighted by atomic mass is 35.5. The summed E-state index contributed by atoms with van der Waals surface area (Å²) in [7, 11) is -2.93. The summed E-state index contributed by atoms with van der Waals surface area (Å²) in [5.41, 5.74) is 0.177. The Kier molecular flexibility index (Phi) is 5.75. The van der Waals surface area contributed by atoms with E-state index in [0.717, 1.165) is 6.07 Å². The van der Waals surface area contributed by atoms with Crippen LogP contribution in [0.4, 0.5) is 5.69 Å². The molecule has 0 spiro atoms. The molecule has 22 heavy (non-hydrogen) atoms. The lowest BCUT2D eigenvalue weighted by molar-refractivity contribution is -0.138. The summed E-state index contributed by atoms with van der Waals surface area (Å²) in [5.74, 6) is -1.81. The van der Waals surface area contributed by atoms with Crippen molar-refractivity contribution >= 4 is 39.2 Å². The molecule has 1 rings (SSSR count). The number of ether oxygens (including phenoxy) is 1. The van der Waals surface area contributed by atoms with Gasteiger partial charge in [-0.1, -0.05) is 11.6 Å². The van der Waals surface area contributed by atoms with Gasteiger partial charge in [-0.2, -0.15) is 4.72 Å². The highest BCUT2D eigenvalue weighted by Gasteiger charge is 2.26. The molecule has 0 saturated carbocycles. The number of carbonyl (C=O) groups excluding carboxylic acids is 1. The Labute approximate surface area is 132 Å². The minimum absolute atomic E-state index is 0.0284. The van der Waals surface area contributed by atoms with E-state index in [1.807, 2.05) is 4.72 Å². The first-order valence-corrected chi connectivity index (χ1v) is 7.85. The van der Waals surface area contributed by atoms with E-state index in [1.54, 1.807) is 0 Å². The van der Waals surface area contributed by atoms with Crippen LogP contribution in [0.2, 0.25) is 5.02 Å². The number of benzene rings is 1. The number of hydrogen-bond donors (Lipinski definition) is 3. The minimum atomic E-state index is -4.17. The van der Waals surface area contributed by atoms with Crippen molar-refractivity contribution in [3.63, 3.8) is 0 Å². The molecule has 10 heteroatoms. The summed E-state index contributed by atoms with van der Waals surface area (Å²) in [6, 6.07) is 0.982. The zero-order valence-electron chi connectivity index (χ0n) is 12.0. The van der Waals surface area contributed by atoms with Crippen LogP contribution in [0.3, 0.4) is 0 Å². The van der Waals surface area contributed by atoms with Crippen LogP contribution in [-0.4, -0.2) is 38.6 Å². The van der Waals surface area contributed by atoms with Crippen LogP contribution in [0, 0.1) is 0 Å². The van der Waals surface area contributed by atoms with E-state index < -0.39 is 27.9 Å². The van der Waals surface area contributed by atoms with E-state index in [1.165, 1.54) is 27.0 Å². The number of methoxy groups -OCH3 is 1. The largest absolute Gasteiger partial charge is 0.495 e. The van der Waals surface area contributed by atoms with Gasteiger partial charge in [0.2, 0.25) is 15.9 Å². The van der Waals surface area contributed by atoms with Crippen LogP contribution >= 0.6 is 11.6 Å². The third-order valence-corrected chi connectivity index (χ3v) is 4.43. The van der Waals surface area contributed by atoms with Crippen LogP contribution in [0.25, 0.3) is 0 Å². The first-order valence-electron chi connectivity index (χ1n) is 5.98. The van der Waals surface area contributed by atoms with Crippen molar-refractivity contribution in [3.8, 4) is 5.75 Å². The third kappa shape index (κ3) is 4.33. The topological polar surface area (TPSA) is 122 Å². The molecule has 0 aliphatic rings. The maximum atomic E-state index is 12.2. The standard InChI is InChI=1S/C12H15ClN2O6S/c1-6(12(17)18)15-22(19,20)11-4-8(13)9(14-7(2)16)5-10(11)21-3/h4-6,15H,1-3H3,(H,14,16)(H,17,18)/t6-/m1/s1. The van der Waals surface area contributed by atoms with Gasteiger partial charge in [0.1, 0.15) is 16.7 Å². The number of hydrogen-bond acceptors (Lipinski definition) is 5. The highest BCUT2D eigenvalue weighted by molar-refractivity contribution is 7.89. The van der Waals surface area contributed by atoms with Gasteiger partial charge in [0, 0.05) is 13.0 Å². The van der Waals surface area contributed by atoms with Gasteiger partial charge in [-0.15, -0.1) is 0 Å². The van der Waals surface area contributed by atoms with Gasteiger partial charge in [0.15, 0.2) is 0 Å². The Balaban J connectivity index is 3.32. The SMILES string of the molecule is COc1cc(NC(C)=O)c(Cl)cc1S(=O)(=O)N[C@H](C)C(=O)O. The number of nitrogens with one attached hydrogen (secondary N) is 2. The molecule has 0 bridgehead atoms. The molecule has 0 fully saturated rings. The van der Waals surface area contributed by atoms with Gasteiger partial charge in [0.05, 0.1) is 17.8 Å². The van der Waals surface area contributed by atoms with Crippen molar-refractivity contribution in [2.24, 2.45) is 0 Å². The van der Waals surface area contributed by atoms with E-state index in [4.69, 9.17) is 21.4 Å². The molecule has 0 unspecified atom stereocenters. The van der Waals surface area contributed by atoms with E-state index in [9.17, 15) is 18.0 Å². The molecule has 0 aliphatic carbocycles. The van der Waals surface area contributed by atoms with Gasteiger partial charge in [0.25, 0.3) is 0 Å². The molecule has 0 aromatic heterocycles. The average molecular weight is 351 g/mol. The van der Waals surface area contributed by atoms with E-state index in [0.29, 0.717) is 0 Å². The van der Waals surface area contributed by atoms with E-state index in [-0.39, 0.29) is 21.4 Å². The number of amides is 1. The first kappa shape index (κ1) is 18.2. The van der Waals surface area contributed by atoms with Crippen LogP contribution in [0.15, 0.2) is 17.0 Å². The monoisotopic (exact) mass is 350 g/mol. The second-order valence-corrected chi connectivity index (χ2v) is 6.43. The van der Waals surface area contributed by atoms with E-state index >= 15 is 0 Å². The first-order chi connectivity index (χ1) is 10.1. The molecule has 1 amide bonds. The Morgan fingerprint density at radius 1 is 1.36 bits per heavy atom. The lowest BCUT2D eigenvalue weighted by Gasteiger charge is -2.15. The molecule has 1 aromatic carbocycles. The van der Waals surface area contributed by atoms with Crippen molar-refractivity contribution in [2.45, 2.75) is 24.8 Å². The number of halogens is 1. The van der Waals surface area contributed by atoms with Crippen LogP contribution < -0.4 is 14.8 Å². The number of carboxylic acid groups (broad SMARTS) is 1. The average Bonchev–Trinajstić information content (AvgIpc) is 2.39. The molecule has 8 nitrogen and oxygen atoms in total. The van der Waals surface area contributed by atoms with Crippen molar-refractivity contribution in [2.75, 3.05) is 12.4 Å².